The summed E-state index contributed by atoms with van der Waals surface area (Å²) in [6.07, 6.45) is 3.08. The third kappa shape index (κ3) is 4.89. The van der Waals surface area contributed by atoms with Gasteiger partial charge in [0, 0.05) is 37.7 Å². The summed E-state index contributed by atoms with van der Waals surface area (Å²) in [6, 6.07) is 15.2. The number of likely N-dealkylation sites (tertiary alicyclic amines) is 1. The van der Waals surface area contributed by atoms with Crippen LogP contribution in [-0.4, -0.2) is 44.9 Å². The molecule has 0 bridgehead atoms. The first-order valence-corrected chi connectivity index (χ1v) is 10.0. The number of nitrogens with zero attached hydrogens (tertiary/aromatic N) is 4. The van der Waals surface area contributed by atoms with Crippen LogP contribution in [0.25, 0.3) is 11.4 Å². The first-order chi connectivity index (χ1) is 14.7. The minimum absolute atomic E-state index is 0.0590. The minimum atomic E-state index is -0.228. The van der Waals surface area contributed by atoms with E-state index in [1.807, 2.05) is 48.5 Å². The van der Waals surface area contributed by atoms with Gasteiger partial charge >= 0.3 is 0 Å². The number of carbonyl (C=O) groups is 2. The van der Waals surface area contributed by atoms with Crippen LogP contribution in [0.4, 0.5) is 0 Å². The monoisotopic (exact) mass is 405 g/mol. The van der Waals surface area contributed by atoms with Gasteiger partial charge in [-0.1, -0.05) is 41.6 Å². The second-order valence-corrected chi connectivity index (χ2v) is 7.25. The average Bonchev–Trinajstić information content (AvgIpc) is 3.25. The van der Waals surface area contributed by atoms with E-state index in [4.69, 9.17) is 4.52 Å². The maximum Gasteiger partial charge on any atom is 0.228 e. The Hall–Kier alpha value is -3.55. The van der Waals surface area contributed by atoms with Gasteiger partial charge in [0.15, 0.2) is 0 Å². The molecule has 1 atom stereocenters. The number of aromatic nitrogens is 3. The molecule has 30 heavy (non-hydrogen) atoms. The summed E-state index contributed by atoms with van der Waals surface area (Å²) in [5.74, 6) is 0.784. The molecule has 1 aromatic carbocycles. The fourth-order valence-electron chi connectivity index (χ4n) is 3.47. The van der Waals surface area contributed by atoms with Crippen LogP contribution in [0.1, 0.15) is 24.4 Å². The number of nitrogens with one attached hydrogen (secondary N) is 1. The Bertz CT molecular complexity index is 990. The molecular formula is C22H23N5O3. The smallest absolute Gasteiger partial charge is 0.228 e. The van der Waals surface area contributed by atoms with E-state index in [1.165, 1.54) is 0 Å². The SMILES string of the molecule is O=C(NCCc1nc(-c2ccccc2)no1)C1CCC(=O)N(Cc2ccccn2)C1. The van der Waals surface area contributed by atoms with Crippen molar-refractivity contribution in [2.45, 2.75) is 25.8 Å². The van der Waals surface area contributed by atoms with Gasteiger partial charge in [-0.2, -0.15) is 4.98 Å². The third-order valence-corrected chi connectivity index (χ3v) is 5.09. The lowest BCUT2D eigenvalue weighted by Gasteiger charge is -2.31. The van der Waals surface area contributed by atoms with Gasteiger partial charge in [-0.05, 0) is 18.6 Å². The molecule has 1 aliphatic rings. The summed E-state index contributed by atoms with van der Waals surface area (Å²) in [5, 5.41) is 6.91. The molecule has 1 fully saturated rings. The van der Waals surface area contributed by atoms with Gasteiger partial charge in [0.1, 0.15) is 0 Å². The molecule has 0 radical (unpaired) electrons. The second kappa shape index (κ2) is 9.30. The Labute approximate surface area is 174 Å². The fraction of sp³-hybridized carbons (Fsp3) is 0.318. The van der Waals surface area contributed by atoms with Gasteiger partial charge < -0.3 is 14.7 Å². The van der Waals surface area contributed by atoms with Crippen LogP contribution in [-0.2, 0) is 22.6 Å². The number of rotatable bonds is 7. The molecule has 1 saturated heterocycles. The van der Waals surface area contributed by atoms with Crippen molar-refractivity contribution in [1.29, 1.82) is 0 Å². The summed E-state index contributed by atoms with van der Waals surface area (Å²) >= 11 is 0. The molecule has 3 heterocycles. The highest BCUT2D eigenvalue weighted by Gasteiger charge is 2.30. The number of hydrogen-bond acceptors (Lipinski definition) is 6. The molecule has 1 aliphatic heterocycles. The van der Waals surface area contributed by atoms with Crippen molar-refractivity contribution in [3.05, 3.63) is 66.3 Å². The van der Waals surface area contributed by atoms with Crippen molar-refractivity contribution >= 4 is 11.8 Å². The van der Waals surface area contributed by atoms with Crippen LogP contribution in [0, 0.1) is 5.92 Å². The van der Waals surface area contributed by atoms with Gasteiger partial charge in [0.2, 0.25) is 23.5 Å². The zero-order valence-electron chi connectivity index (χ0n) is 16.5. The molecule has 1 N–H and O–H groups in total. The normalized spacial score (nSPS) is 16.5. The van der Waals surface area contributed by atoms with Gasteiger partial charge in [-0.15, -0.1) is 0 Å². The van der Waals surface area contributed by atoms with Crippen molar-refractivity contribution in [1.82, 2.24) is 25.3 Å². The number of piperidine rings is 1. The van der Waals surface area contributed by atoms with Crippen molar-refractivity contribution in [3.8, 4) is 11.4 Å². The van der Waals surface area contributed by atoms with Crippen molar-refractivity contribution < 1.29 is 14.1 Å². The first-order valence-electron chi connectivity index (χ1n) is 10.0. The Balaban J connectivity index is 1.27. The number of amides is 2. The molecule has 3 aromatic rings. The number of hydrogen-bond donors (Lipinski definition) is 1. The predicted octanol–water partition coefficient (Wildman–Crippen LogP) is 2.23. The van der Waals surface area contributed by atoms with Crippen molar-refractivity contribution in [3.63, 3.8) is 0 Å². The highest BCUT2D eigenvalue weighted by atomic mass is 16.5. The summed E-state index contributed by atoms with van der Waals surface area (Å²) in [5.41, 5.74) is 1.70. The minimum Gasteiger partial charge on any atom is -0.355 e. The largest absolute Gasteiger partial charge is 0.355 e. The average molecular weight is 405 g/mol. The third-order valence-electron chi connectivity index (χ3n) is 5.09. The lowest BCUT2D eigenvalue weighted by atomic mass is 9.96. The molecule has 2 amide bonds. The van der Waals surface area contributed by atoms with Gasteiger partial charge in [0.25, 0.3) is 0 Å². The summed E-state index contributed by atoms with van der Waals surface area (Å²) < 4.78 is 5.27. The molecule has 4 rings (SSSR count). The number of carbonyl (C=O) groups excluding carboxylic acids is 2. The van der Waals surface area contributed by atoms with Crippen LogP contribution >= 0.6 is 0 Å². The highest BCUT2D eigenvalue weighted by molar-refractivity contribution is 5.83. The zero-order chi connectivity index (χ0) is 20.8. The first kappa shape index (κ1) is 19.8. The van der Waals surface area contributed by atoms with E-state index in [2.05, 4.69) is 20.4 Å². The molecule has 0 spiro atoms. The van der Waals surface area contributed by atoms with E-state index >= 15 is 0 Å². The van der Waals surface area contributed by atoms with Gasteiger partial charge in [0.05, 0.1) is 18.2 Å². The lowest BCUT2D eigenvalue weighted by Crippen LogP contribution is -2.45. The summed E-state index contributed by atoms with van der Waals surface area (Å²) in [4.78, 5) is 35.2. The predicted molar refractivity (Wildman–Crippen MR) is 109 cm³/mol. The highest BCUT2D eigenvalue weighted by Crippen LogP contribution is 2.20. The fourth-order valence-corrected chi connectivity index (χ4v) is 3.47. The maximum absolute atomic E-state index is 12.6. The van der Waals surface area contributed by atoms with Gasteiger partial charge in [-0.3, -0.25) is 14.6 Å². The summed E-state index contributed by atoms with van der Waals surface area (Å²) in [6.45, 7) is 1.23. The molecule has 8 nitrogen and oxygen atoms in total. The molecule has 2 aromatic heterocycles. The molecule has 0 saturated carbocycles. The van der Waals surface area contributed by atoms with E-state index in [-0.39, 0.29) is 17.7 Å². The Kier molecular flexibility index (Phi) is 6.12. The number of pyridine rings is 1. The lowest BCUT2D eigenvalue weighted by molar-refractivity contribution is -0.138. The van der Waals surface area contributed by atoms with E-state index in [1.54, 1.807) is 11.1 Å². The van der Waals surface area contributed by atoms with E-state index in [0.29, 0.717) is 50.6 Å². The Morgan fingerprint density at radius 2 is 2.00 bits per heavy atom. The van der Waals surface area contributed by atoms with Crippen molar-refractivity contribution in [2.24, 2.45) is 5.92 Å². The van der Waals surface area contributed by atoms with Crippen LogP contribution in [0.15, 0.2) is 59.3 Å². The molecule has 8 heteroatoms. The Morgan fingerprint density at radius 1 is 1.17 bits per heavy atom. The van der Waals surface area contributed by atoms with E-state index in [0.717, 1.165) is 11.3 Å². The van der Waals surface area contributed by atoms with Gasteiger partial charge in [-0.25, -0.2) is 0 Å². The molecule has 0 aliphatic carbocycles. The molecule has 154 valence electrons. The second-order valence-electron chi connectivity index (χ2n) is 7.25. The topological polar surface area (TPSA) is 101 Å². The van der Waals surface area contributed by atoms with E-state index in [9.17, 15) is 9.59 Å². The molecule has 1 unspecified atom stereocenters. The van der Waals surface area contributed by atoms with Crippen LogP contribution in [0.5, 0.6) is 0 Å². The van der Waals surface area contributed by atoms with Crippen LogP contribution in [0.3, 0.4) is 0 Å². The molecular weight excluding hydrogens is 382 g/mol. The summed E-state index contributed by atoms with van der Waals surface area (Å²) in [7, 11) is 0. The standard InChI is InChI=1S/C22H23N5O3/c28-20-10-9-17(14-27(20)15-18-8-4-5-12-23-18)22(29)24-13-11-19-25-21(26-30-19)16-6-2-1-3-7-16/h1-8,12,17H,9-11,13-15H2,(H,24,29). The van der Waals surface area contributed by atoms with E-state index < -0.39 is 0 Å². The maximum atomic E-state index is 12.6. The Morgan fingerprint density at radius 3 is 2.80 bits per heavy atom. The zero-order valence-corrected chi connectivity index (χ0v) is 16.5. The van der Waals surface area contributed by atoms with Crippen LogP contribution in [0.2, 0.25) is 0 Å². The van der Waals surface area contributed by atoms with Crippen molar-refractivity contribution in [2.75, 3.05) is 13.1 Å². The quantitative estimate of drug-likeness (QED) is 0.647. The number of benzene rings is 1. The van der Waals surface area contributed by atoms with Crippen LogP contribution < -0.4 is 5.32 Å².